The van der Waals surface area contributed by atoms with E-state index in [1.54, 1.807) is 0 Å². The maximum atomic E-state index is 5.58. The number of hydrogen-bond donors (Lipinski definition) is 1. The summed E-state index contributed by atoms with van der Waals surface area (Å²) in [5.41, 5.74) is 5.58. The Morgan fingerprint density at radius 2 is 1.89 bits per heavy atom. The van der Waals surface area contributed by atoms with Gasteiger partial charge in [-0.05, 0) is 11.4 Å². The van der Waals surface area contributed by atoms with Gasteiger partial charge in [0, 0.05) is 62.2 Å². The predicted octanol–water partition coefficient (Wildman–Crippen LogP) is 1.56. The van der Waals surface area contributed by atoms with Crippen molar-refractivity contribution in [2.45, 2.75) is 5.75 Å². The summed E-state index contributed by atoms with van der Waals surface area (Å²) in [6.45, 7) is 7.86. The molecule has 2 heterocycles. The van der Waals surface area contributed by atoms with Crippen molar-refractivity contribution >= 4 is 23.1 Å². The van der Waals surface area contributed by atoms with E-state index in [0.717, 1.165) is 13.1 Å². The molecule has 0 bridgehead atoms. The van der Waals surface area contributed by atoms with Gasteiger partial charge in [-0.15, -0.1) is 11.3 Å². The van der Waals surface area contributed by atoms with E-state index in [0.29, 0.717) is 0 Å². The Balaban J connectivity index is 1.53. The van der Waals surface area contributed by atoms with E-state index in [2.05, 4.69) is 39.1 Å². The molecule has 1 aromatic heterocycles. The van der Waals surface area contributed by atoms with Crippen molar-refractivity contribution in [2.24, 2.45) is 5.73 Å². The maximum absolute atomic E-state index is 5.58. The molecule has 0 aromatic carbocycles. The van der Waals surface area contributed by atoms with E-state index in [4.69, 9.17) is 5.73 Å². The minimum Gasteiger partial charge on any atom is -0.329 e. The van der Waals surface area contributed by atoms with E-state index in [-0.39, 0.29) is 0 Å². The van der Waals surface area contributed by atoms with Gasteiger partial charge in [0.05, 0.1) is 0 Å². The van der Waals surface area contributed by atoms with E-state index in [9.17, 15) is 0 Å². The van der Waals surface area contributed by atoms with Crippen LogP contribution < -0.4 is 5.73 Å². The summed E-state index contributed by atoms with van der Waals surface area (Å²) in [4.78, 5) is 6.54. The molecule has 0 amide bonds. The van der Waals surface area contributed by atoms with Gasteiger partial charge in [0.1, 0.15) is 0 Å². The van der Waals surface area contributed by atoms with Gasteiger partial charge in [0.2, 0.25) is 0 Å². The molecule has 1 aromatic rings. The van der Waals surface area contributed by atoms with Crippen LogP contribution in [0.15, 0.2) is 17.5 Å². The first-order valence-corrected chi connectivity index (χ1v) is 8.67. The van der Waals surface area contributed by atoms with Crippen LogP contribution in [0.4, 0.5) is 0 Å². The van der Waals surface area contributed by atoms with Gasteiger partial charge in [-0.1, -0.05) is 6.07 Å². The molecule has 18 heavy (non-hydrogen) atoms. The van der Waals surface area contributed by atoms with E-state index >= 15 is 0 Å². The number of nitrogens with zero attached hydrogens (tertiary/aromatic N) is 2. The summed E-state index contributed by atoms with van der Waals surface area (Å²) in [5.74, 6) is 2.42. The standard InChI is InChI=1S/C13H23N3S2/c14-3-4-15-5-7-16(8-6-15)9-11-17-12-13-2-1-10-18-13/h1-2,10H,3-9,11-12,14H2. The van der Waals surface area contributed by atoms with Crippen LogP contribution in [0.2, 0.25) is 0 Å². The molecule has 0 unspecified atom stereocenters. The van der Waals surface area contributed by atoms with Crippen molar-refractivity contribution in [1.29, 1.82) is 0 Å². The first-order valence-electron chi connectivity index (χ1n) is 6.63. The molecule has 1 fully saturated rings. The molecule has 0 radical (unpaired) electrons. The highest BCUT2D eigenvalue weighted by molar-refractivity contribution is 7.98. The molecule has 2 N–H and O–H groups in total. The van der Waals surface area contributed by atoms with Crippen molar-refractivity contribution in [3.05, 3.63) is 22.4 Å². The van der Waals surface area contributed by atoms with Gasteiger partial charge in [-0.3, -0.25) is 9.80 Å². The first kappa shape index (κ1) is 14.3. The third-order valence-corrected chi connectivity index (χ3v) is 5.33. The van der Waals surface area contributed by atoms with E-state index in [1.165, 1.54) is 49.1 Å². The SMILES string of the molecule is NCCN1CCN(CCSCc2cccs2)CC1. The molecule has 0 atom stereocenters. The van der Waals surface area contributed by atoms with Gasteiger partial charge < -0.3 is 5.73 Å². The lowest BCUT2D eigenvalue weighted by Crippen LogP contribution is -2.48. The number of thiophene rings is 1. The molecule has 102 valence electrons. The second-order valence-electron chi connectivity index (χ2n) is 4.60. The van der Waals surface area contributed by atoms with Crippen LogP contribution in [-0.2, 0) is 5.75 Å². The highest BCUT2D eigenvalue weighted by Gasteiger charge is 2.15. The summed E-state index contributed by atoms with van der Waals surface area (Å²) < 4.78 is 0. The molecule has 0 saturated carbocycles. The van der Waals surface area contributed by atoms with Gasteiger partial charge in [0.25, 0.3) is 0 Å². The minimum absolute atomic E-state index is 0.788. The third kappa shape index (κ3) is 4.90. The molecular weight excluding hydrogens is 262 g/mol. The molecule has 3 nitrogen and oxygen atoms in total. The predicted molar refractivity (Wildman–Crippen MR) is 82.4 cm³/mol. The van der Waals surface area contributed by atoms with Crippen LogP contribution >= 0.6 is 23.1 Å². The summed E-state index contributed by atoms with van der Waals surface area (Å²) in [5, 5.41) is 2.16. The second kappa shape index (κ2) is 8.17. The van der Waals surface area contributed by atoms with Crippen molar-refractivity contribution in [3.63, 3.8) is 0 Å². The Morgan fingerprint density at radius 1 is 1.17 bits per heavy atom. The fraction of sp³-hybridized carbons (Fsp3) is 0.692. The Morgan fingerprint density at radius 3 is 2.50 bits per heavy atom. The summed E-state index contributed by atoms with van der Waals surface area (Å²) >= 11 is 3.91. The van der Waals surface area contributed by atoms with Crippen LogP contribution in [-0.4, -0.2) is 61.4 Å². The van der Waals surface area contributed by atoms with Gasteiger partial charge in [-0.2, -0.15) is 11.8 Å². The van der Waals surface area contributed by atoms with Crippen LogP contribution in [0.1, 0.15) is 4.88 Å². The Kier molecular flexibility index (Phi) is 6.51. The number of nitrogens with two attached hydrogens (primary N) is 1. The maximum Gasteiger partial charge on any atom is 0.0279 e. The Bertz CT molecular complexity index is 308. The van der Waals surface area contributed by atoms with Crippen molar-refractivity contribution in [3.8, 4) is 0 Å². The second-order valence-corrected chi connectivity index (χ2v) is 6.74. The number of piperazine rings is 1. The normalized spacial score (nSPS) is 18.3. The average molecular weight is 285 g/mol. The molecule has 1 aliphatic rings. The lowest BCUT2D eigenvalue weighted by atomic mass is 10.3. The molecule has 5 heteroatoms. The highest BCUT2D eigenvalue weighted by atomic mass is 32.2. The lowest BCUT2D eigenvalue weighted by molar-refractivity contribution is 0.141. The molecule has 0 spiro atoms. The van der Waals surface area contributed by atoms with Gasteiger partial charge >= 0.3 is 0 Å². The fourth-order valence-corrected chi connectivity index (χ4v) is 4.02. The average Bonchev–Trinajstić information content (AvgIpc) is 2.90. The van der Waals surface area contributed by atoms with Gasteiger partial charge in [0.15, 0.2) is 0 Å². The monoisotopic (exact) mass is 285 g/mol. The number of hydrogen-bond acceptors (Lipinski definition) is 5. The smallest absolute Gasteiger partial charge is 0.0279 e. The summed E-state index contributed by atoms with van der Waals surface area (Å²) in [7, 11) is 0. The zero-order valence-electron chi connectivity index (χ0n) is 10.9. The zero-order valence-corrected chi connectivity index (χ0v) is 12.5. The quantitative estimate of drug-likeness (QED) is 0.771. The van der Waals surface area contributed by atoms with E-state index < -0.39 is 0 Å². The van der Waals surface area contributed by atoms with Crippen molar-refractivity contribution < 1.29 is 0 Å². The molecule has 0 aliphatic carbocycles. The third-order valence-electron chi connectivity index (χ3n) is 3.29. The molecule has 2 rings (SSSR count). The fourth-order valence-electron chi connectivity index (χ4n) is 2.18. The molecular formula is C13H23N3S2. The van der Waals surface area contributed by atoms with Crippen molar-refractivity contribution in [1.82, 2.24) is 9.80 Å². The molecule has 1 aliphatic heterocycles. The van der Waals surface area contributed by atoms with Gasteiger partial charge in [-0.25, -0.2) is 0 Å². The first-order chi connectivity index (χ1) is 8.88. The van der Waals surface area contributed by atoms with Crippen LogP contribution in [0.3, 0.4) is 0 Å². The Hall–Kier alpha value is -0.0700. The van der Waals surface area contributed by atoms with E-state index in [1.807, 2.05) is 11.3 Å². The van der Waals surface area contributed by atoms with Crippen LogP contribution in [0, 0.1) is 0 Å². The topological polar surface area (TPSA) is 32.5 Å². The number of thioether (sulfide) groups is 1. The van der Waals surface area contributed by atoms with Crippen LogP contribution in [0.25, 0.3) is 0 Å². The zero-order chi connectivity index (χ0) is 12.6. The lowest BCUT2D eigenvalue weighted by Gasteiger charge is -2.34. The summed E-state index contributed by atoms with van der Waals surface area (Å²) in [6, 6.07) is 4.36. The Labute approximate surface area is 118 Å². The van der Waals surface area contributed by atoms with Crippen LogP contribution in [0.5, 0.6) is 0 Å². The minimum atomic E-state index is 0.788. The van der Waals surface area contributed by atoms with Crippen molar-refractivity contribution in [2.75, 3.05) is 51.6 Å². The largest absolute Gasteiger partial charge is 0.329 e. The number of rotatable bonds is 7. The highest BCUT2D eigenvalue weighted by Crippen LogP contribution is 2.17. The molecule has 1 saturated heterocycles. The summed E-state index contributed by atoms with van der Waals surface area (Å²) in [6.07, 6.45) is 0.